The minimum atomic E-state index is -1.05. The van der Waals surface area contributed by atoms with Gasteiger partial charge in [-0.25, -0.2) is 4.79 Å². The van der Waals surface area contributed by atoms with E-state index in [9.17, 15) is 19.5 Å². The van der Waals surface area contributed by atoms with Crippen molar-refractivity contribution < 1.29 is 24.2 Å². The highest BCUT2D eigenvalue weighted by molar-refractivity contribution is 5.83. The second-order valence-electron chi connectivity index (χ2n) is 9.75. The molecule has 3 aromatic rings. The van der Waals surface area contributed by atoms with E-state index in [1.807, 2.05) is 54.6 Å². The number of hydrogen-bond donors (Lipinski definition) is 2. The van der Waals surface area contributed by atoms with Crippen molar-refractivity contribution in [1.82, 2.24) is 10.2 Å². The standard InChI is InChI=1S/C30H30N2O5/c33-28(34)18-32(17-20-8-2-1-3-9-20)29(35)21-14-15-22(16-21)31-30(36)37-19-27-25-12-6-4-10-23(25)24-11-5-7-13-26(24)27/h1-13,21-22,27H,14-19H2,(H,31,36)(H,33,34). The second-order valence-corrected chi connectivity index (χ2v) is 9.75. The highest BCUT2D eigenvalue weighted by Gasteiger charge is 2.35. The molecule has 2 atom stereocenters. The Labute approximate surface area is 216 Å². The number of fused-ring (bicyclic) bond motifs is 3. The average Bonchev–Trinajstić information content (AvgIpc) is 3.49. The zero-order valence-corrected chi connectivity index (χ0v) is 20.5. The second kappa shape index (κ2) is 10.9. The Hall–Kier alpha value is -4.13. The first kappa shape index (κ1) is 24.6. The molecular weight excluding hydrogens is 468 g/mol. The highest BCUT2D eigenvalue weighted by Crippen LogP contribution is 2.44. The van der Waals surface area contributed by atoms with Gasteiger partial charge in [-0.1, -0.05) is 78.9 Å². The van der Waals surface area contributed by atoms with Crippen molar-refractivity contribution in [2.24, 2.45) is 5.92 Å². The highest BCUT2D eigenvalue weighted by atomic mass is 16.5. The number of alkyl carbamates (subject to hydrolysis) is 1. The molecule has 1 saturated carbocycles. The van der Waals surface area contributed by atoms with Gasteiger partial charge in [0.15, 0.2) is 0 Å². The maximum Gasteiger partial charge on any atom is 0.407 e. The minimum Gasteiger partial charge on any atom is -0.480 e. The van der Waals surface area contributed by atoms with Crippen LogP contribution in [0.15, 0.2) is 78.9 Å². The van der Waals surface area contributed by atoms with Gasteiger partial charge in [0.2, 0.25) is 5.91 Å². The van der Waals surface area contributed by atoms with Crippen molar-refractivity contribution in [3.8, 4) is 11.1 Å². The van der Waals surface area contributed by atoms with E-state index in [1.165, 1.54) is 16.0 Å². The van der Waals surface area contributed by atoms with Crippen LogP contribution in [0.25, 0.3) is 11.1 Å². The number of ether oxygens (including phenoxy) is 1. The number of nitrogens with zero attached hydrogens (tertiary/aromatic N) is 1. The van der Waals surface area contributed by atoms with Crippen LogP contribution in [0.3, 0.4) is 0 Å². The predicted molar refractivity (Wildman–Crippen MR) is 139 cm³/mol. The minimum absolute atomic E-state index is 0.0152. The van der Waals surface area contributed by atoms with E-state index in [-0.39, 0.29) is 43.5 Å². The lowest BCUT2D eigenvalue weighted by molar-refractivity contribution is -0.146. The largest absolute Gasteiger partial charge is 0.480 e. The summed E-state index contributed by atoms with van der Waals surface area (Å²) in [7, 11) is 0. The van der Waals surface area contributed by atoms with Gasteiger partial charge < -0.3 is 20.1 Å². The van der Waals surface area contributed by atoms with Crippen LogP contribution >= 0.6 is 0 Å². The summed E-state index contributed by atoms with van der Waals surface area (Å²) in [4.78, 5) is 38.6. The van der Waals surface area contributed by atoms with Crippen LogP contribution < -0.4 is 5.32 Å². The van der Waals surface area contributed by atoms with E-state index in [2.05, 4.69) is 29.6 Å². The number of rotatable bonds is 8. The molecule has 2 amide bonds. The molecule has 0 heterocycles. The molecule has 37 heavy (non-hydrogen) atoms. The number of benzene rings is 3. The molecule has 2 N–H and O–H groups in total. The summed E-state index contributed by atoms with van der Waals surface area (Å²) >= 11 is 0. The molecule has 2 aliphatic rings. The third-order valence-corrected chi connectivity index (χ3v) is 7.30. The van der Waals surface area contributed by atoms with E-state index in [1.54, 1.807) is 0 Å². The first-order valence-electron chi connectivity index (χ1n) is 12.7. The number of nitrogens with one attached hydrogen (secondary N) is 1. The van der Waals surface area contributed by atoms with Crippen LogP contribution in [0.4, 0.5) is 4.79 Å². The number of carbonyl (C=O) groups is 3. The van der Waals surface area contributed by atoms with Crippen molar-refractivity contribution in [3.63, 3.8) is 0 Å². The molecular formula is C30H30N2O5. The molecule has 7 heteroatoms. The molecule has 0 aromatic heterocycles. The topological polar surface area (TPSA) is 95.9 Å². The maximum atomic E-state index is 13.2. The molecule has 0 radical (unpaired) electrons. The summed E-state index contributed by atoms with van der Waals surface area (Å²) < 4.78 is 5.65. The van der Waals surface area contributed by atoms with Crippen LogP contribution in [0, 0.1) is 5.92 Å². The number of carboxylic acids is 1. The Balaban J connectivity index is 1.16. The van der Waals surface area contributed by atoms with E-state index < -0.39 is 12.1 Å². The summed E-state index contributed by atoms with van der Waals surface area (Å²) in [5.41, 5.74) is 5.53. The Kier molecular flexibility index (Phi) is 7.21. The van der Waals surface area contributed by atoms with Crippen LogP contribution in [0.1, 0.15) is 41.9 Å². The average molecular weight is 499 g/mol. The van der Waals surface area contributed by atoms with Gasteiger partial charge in [-0.05, 0) is 47.1 Å². The lowest BCUT2D eigenvalue weighted by Crippen LogP contribution is -2.39. The lowest BCUT2D eigenvalue weighted by atomic mass is 9.98. The molecule has 190 valence electrons. The third-order valence-electron chi connectivity index (χ3n) is 7.30. The van der Waals surface area contributed by atoms with Crippen molar-refractivity contribution in [1.29, 1.82) is 0 Å². The summed E-state index contributed by atoms with van der Waals surface area (Å²) in [6.45, 7) is 0.125. The number of aliphatic carboxylic acids is 1. The molecule has 2 unspecified atom stereocenters. The zero-order chi connectivity index (χ0) is 25.8. The first-order valence-corrected chi connectivity index (χ1v) is 12.7. The Morgan fingerprint density at radius 1 is 0.865 bits per heavy atom. The monoisotopic (exact) mass is 498 g/mol. The molecule has 0 aliphatic heterocycles. The van der Waals surface area contributed by atoms with Crippen LogP contribution in [-0.4, -0.2) is 47.2 Å². The normalized spacial score (nSPS) is 18.1. The van der Waals surface area contributed by atoms with E-state index in [0.717, 1.165) is 16.7 Å². The van der Waals surface area contributed by atoms with Crippen molar-refractivity contribution >= 4 is 18.0 Å². The van der Waals surface area contributed by atoms with Gasteiger partial charge in [-0.3, -0.25) is 9.59 Å². The number of carbonyl (C=O) groups excluding carboxylic acids is 2. The Morgan fingerprint density at radius 2 is 1.49 bits per heavy atom. The summed E-state index contributed by atoms with van der Waals surface area (Å²) in [5, 5.41) is 12.2. The van der Waals surface area contributed by atoms with Gasteiger partial charge in [-0.2, -0.15) is 0 Å². The summed E-state index contributed by atoms with van der Waals surface area (Å²) in [6, 6.07) is 25.5. The quantitative estimate of drug-likeness (QED) is 0.465. The molecule has 2 aliphatic carbocycles. The SMILES string of the molecule is O=C(O)CN(Cc1ccccc1)C(=O)C1CCC(NC(=O)OCC2c3ccccc3-c3ccccc32)C1. The predicted octanol–water partition coefficient (Wildman–Crippen LogP) is 4.81. The molecule has 3 aromatic carbocycles. The van der Waals surface area contributed by atoms with Gasteiger partial charge in [0.05, 0.1) is 0 Å². The fourth-order valence-electron chi connectivity index (χ4n) is 5.58. The lowest BCUT2D eigenvalue weighted by Gasteiger charge is -2.24. The number of amides is 2. The Morgan fingerprint density at radius 3 is 2.14 bits per heavy atom. The molecule has 0 spiro atoms. The van der Waals surface area contributed by atoms with Gasteiger partial charge >= 0.3 is 12.1 Å². The summed E-state index contributed by atoms with van der Waals surface area (Å²) in [5.74, 6) is -1.58. The smallest absolute Gasteiger partial charge is 0.407 e. The number of carboxylic acid groups (broad SMARTS) is 1. The molecule has 0 bridgehead atoms. The summed E-state index contributed by atoms with van der Waals surface area (Å²) in [6.07, 6.45) is 1.21. The molecule has 0 saturated heterocycles. The van der Waals surface area contributed by atoms with E-state index >= 15 is 0 Å². The van der Waals surface area contributed by atoms with Crippen molar-refractivity contribution in [3.05, 3.63) is 95.6 Å². The molecule has 1 fully saturated rings. The van der Waals surface area contributed by atoms with Crippen molar-refractivity contribution in [2.75, 3.05) is 13.2 Å². The van der Waals surface area contributed by atoms with Crippen molar-refractivity contribution in [2.45, 2.75) is 37.8 Å². The third kappa shape index (κ3) is 5.50. The van der Waals surface area contributed by atoms with Crippen LogP contribution in [-0.2, 0) is 20.9 Å². The molecule has 5 rings (SSSR count). The number of hydrogen-bond acceptors (Lipinski definition) is 4. The maximum absolute atomic E-state index is 13.2. The van der Waals surface area contributed by atoms with E-state index in [4.69, 9.17) is 4.74 Å². The zero-order valence-electron chi connectivity index (χ0n) is 20.5. The Bertz CT molecular complexity index is 1250. The van der Waals surface area contributed by atoms with Gasteiger partial charge in [0, 0.05) is 24.4 Å². The van der Waals surface area contributed by atoms with Crippen LogP contribution in [0.5, 0.6) is 0 Å². The molecule has 7 nitrogen and oxygen atoms in total. The fourth-order valence-corrected chi connectivity index (χ4v) is 5.58. The first-order chi connectivity index (χ1) is 18.0. The fraction of sp³-hybridized carbons (Fsp3) is 0.300. The van der Waals surface area contributed by atoms with Gasteiger partial charge in [0.1, 0.15) is 13.2 Å². The van der Waals surface area contributed by atoms with Gasteiger partial charge in [0.25, 0.3) is 0 Å². The van der Waals surface area contributed by atoms with E-state index in [0.29, 0.717) is 19.3 Å². The van der Waals surface area contributed by atoms with Crippen LogP contribution in [0.2, 0.25) is 0 Å². The van der Waals surface area contributed by atoms with Gasteiger partial charge in [-0.15, -0.1) is 0 Å².